The number of hydrogen-bond donors (Lipinski definition) is 3. The van der Waals surface area contributed by atoms with E-state index in [2.05, 4.69) is 20.5 Å². The number of rotatable bonds is 4. The van der Waals surface area contributed by atoms with Crippen LogP contribution in [-0.4, -0.2) is 27.6 Å². The molecule has 2 unspecified atom stereocenters. The number of nitrogens with two attached hydrogens (primary N) is 1. The van der Waals surface area contributed by atoms with Crippen molar-refractivity contribution in [1.29, 1.82) is 0 Å². The molecule has 0 saturated heterocycles. The van der Waals surface area contributed by atoms with E-state index in [4.69, 9.17) is 5.73 Å². The van der Waals surface area contributed by atoms with E-state index in [1.165, 1.54) is 6.33 Å². The zero-order valence-electron chi connectivity index (χ0n) is 9.15. The van der Waals surface area contributed by atoms with Crippen molar-refractivity contribution in [2.75, 3.05) is 6.54 Å². The molecule has 1 aliphatic carbocycles. The molecular formula is C10H17N5O. The Balaban J connectivity index is 1.83. The van der Waals surface area contributed by atoms with E-state index in [0.29, 0.717) is 24.8 Å². The van der Waals surface area contributed by atoms with Gasteiger partial charge in [-0.1, -0.05) is 6.42 Å². The van der Waals surface area contributed by atoms with E-state index in [-0.39, 0.29) is 11.8 Å². The first-order chi connectivity index (χ1) is 7.81. The number of aromatic nitrogens is 3. The van der Waals surface area contributed by atoms with Crippen LogP contribution in [0.1, 0.15) is 25.1 Å². The molecule has 0 radical (unpaired) electrons. The van der Waals surface area contributed by atoms with Crippen molar-refractivity contribution in [3.05, 3.63) is 12.2 Å². The molecule has 0 aromatic carbocycles. The number of amides is 1. The molecule has 1 heterocycles. The minimum atomic E-state index is 0.0768. The fourth-order valence-electron chi connectivity index (χ4n) is 2.28. The smallest absolute Gasteiger partial charge is 0.223 e. The summed E-state index contributed by atoms with van der Waals surface area (Å²) in [5.41, 5.74) is 5.64. The second-order valence-corrected chi connectivity index (χ2v) is 4.18. The van der Waals surface area contributed by atoms with Crippen molar-refractivity contribution in [3.8, 4) is 0 Å². The lowest BCUT2D eigenvalue weighted by Crippen LogP contribution is -2.34. The molecule has 0 aliphatic heterocycles. The lowest BCUT2D eigenvalue weighted by molar-refractivity contribution is -0.126. The Hall–Kier alpha value is -1.43. The zero-order valence-corrected chi connectivity index (χ0v) is 9.15. The third-order valence-corrected chi connectivity index (χ3v) is 3.19. The van der Waals surface area contributed by atoms with Crippen LogP contribution in [0.2, 0.25) is 0 Å². The van der Waals surface area contributed by atoms with Crippen LogP contribution in [0.25, 0.3) is 0 Å². The van der Waals surface area contributed by atoms with Gasteiger partial charge in [0, 0.05) is 5.92 Å². The van der Waals surface area contributed by atoms with E-state index in [0.717, 1.165) is 19.3 Å². The van der Waals surface area contributed by atoms with Gasteiger partial charge in [-0.3, -0.25) is 9.89 Å². The number of aromatic amines is 1. The lowest BCUT2D eigenvalue weighted by atomic mass is 9.95. The van der Waals surface area contributed by atoms with E-state index in [1.807, 2.05) is 0 Å². The molecule has 0 bridgehead atoms. The molecule has 1 saturated carbocycles. The fourth-order valence-corrected chi connectivity index (χ4v) is 2.28. The van der Waals surface area contributed by atoms with E-state index < -0.39 is 0 Å². The zero-order chi connectivity index (χ0) is 11.4. The number of nitrogens with one attached hydrogen (secondary N) is 2. The topological polar surface area (TPSA) is 96.7 Å². The summed E-state index contributed by atoms with van der Waals surface area (Å²) in [6.07, 6.45) is 4.54. The quantitative estimate of drug-likeness (QED) is 0.658. The Morgan fingerprint density at radius 2 is 2.50 bits per heavy atom. The monoisotopic (exact) mass is 223 g/mol. The van der Waals surface area contributed by atoms with Gasteiger partial charge in [-0.05, 0) is 25.3 Å². The maximum atomic E-state index is 11.9. The third-order valence-electron chi connectivity index (χ3n) is 3.19. The predicted molar refractivity (Wildman–Crippen MR) is 58.1 cm³/mol. The van der Waals surface area contributed by atoms with Gasteiger partial charge in [0.05, 0.1) is 6.54 Å². The first-order valence-corrected chi connectivity index (χ1v) is 5.63. The van der Waals surface area contributed by atoms with Crippen molar-refractivity contribution >= 4 is 5.91 Å². The Bertz CT molecular complexity index is 337. The maximum Gasteiger partial charge on any atom is 0.223 e. The molecule has 2 atom stereocenters. The van der Waals surface area contributed by atoms with Gasteiger partial charge in [-0.2, -0.15) is 5.10 Å². The highest BCUT2D eigenvalue weighted by Crippen LogP contribution is 2.30. The van der Waals surface area contributed by atoms with Crippen LogP contribution in [0.5, 0.6) is 0 Å². The van der Waals surface area contributed by atoms with Crippen molar-refractivity contribution in [3.63, 3.8) is 0 Å². The SMILES string of the molecule is NCC1CCCC1C(=O)NCc1ncn[nH]1. The van der Waals surface area contributed by atoms with Gasteiger partial charge in [0.25, 0.3) is 0 Å². The van der Waals surface area contributed by atoms with Crippen molar-refractivity contribution in [2.24, 2.45) is 17.6 Å². The molecule has 1 fully saturated rings. The van der Waals surface area contributed by atoms with Gasteiger partial charge in [0.1, 0.15) is 12.2 Å². The minimum absolute atomic E-state index is 0.0768. The maximum absolute atomic E-state index is 11.9. The largest absolute Gasteiger partial charge is 0.349 e. The summed E-state index contributed by atoms with van der Waals surface area (Å²) >= 11 is 0. The summed E-state index contributed by atoms with van der Waals surface area (Å²) < 4.78 is 0. The Kier molecular flexibility index (Phi) is 3.51. The summed E-state index contributed by atoms with van der Waals surface area (Å²) in [6.45, 7) is 1.01. The first-order valence-electron chi connectivity index (χ1n) is 5.63. The van der Waals surface area contributed by atoms with Gasteiger partial charge in [-0.15, -0.1) is 0 Å². The van der Waals surface area contributed by atoms with Crippen LogP contribution in [0.4, 0.5) is 0 Å². The molecule has 1 aromatic rings. The molecular weight excluding hydrogens is 206 g/mol. The highest BCUT2D eigenvalue weighted by atomic mass is 16.1. The minimum Gasteiger partial charge on any atom is -0.349 e. The van der Waals surface area contributed by atoms with Crippen molar-refractivity contribution < 1.29 is 4.79 Å². The average molecular weight is 223 g/mol. The number of hydrogen-bond acceptors (Lipinski definition) is 4. The summed E-state index contributed by atoms with van der Waals surface area (Å²) in [7, 11) is 0. The molecule has 0 spiro atoms. The number of nitrogens with zero attached hydrogens (tertiary/aromatic N) is 2. The van der Waals surface area contributed by atoms with Crippen LogP contribution >= 0.6 is 0 Å². The molecule has 1 aromatic heterocycles. The third kappa shape index (κ3) is 2.38. The van der Waals surface area contributed by atoms with Crippen LogP contribution in [0.3, 0.4) is 0 Å². The molecule has 6 heteroatoms. The van der Waals surface area contributed by atoms with Gasteiger partial charge >= 0.3 is 0 Å². The molecule has 1 aliphatic rings. The highest BCUT2D eigenvalue weighted by molar-refractivity contribution is 5.79. The van der Waals surface area contributed by atoms with E-state index in [1.54, 1.807) is 0 Å². The van der Waals surface area contributed by atoms with E-state index in [9.17, 15) is 4.79 Å². The number of carbonyl (C=O) groups excluding carboxylic acids is 1. The Labute approximate surface area is 94.0 Å². The standard InChI is InChI=1S/C10H17N5O/c11-4-7-2-1-3-8(7)10(16)12-5-9-13-6-14-15-9/h6-8H,1-5,11H2,(H,12,16)(H,13,14,15). The molecule has 4 N–H and O–H groups in total. The Morgan fingerprint density at radius 3 is 3.19 bits per heavy atom. The highest BCUT2D eigenvalue weighted by Gasteiger charge is 2.31. The molecule has 16 heavy (non-hydrogen) atoms. The van der Waals surface area contributed by atoms with E-state index >= 15 is 0 Å². The average Bonchev–Trinajstić information content (AvgIpc) is 2.96. The van der Waals surface area contributed by atoms with Crippen LogP contribution in [0.15, 0.2) is 6.33 Å². The molecule has 88 valence electrons. The summed E-state index contributed by atoms with van der Waals surface area (Å²) in [4.78, 5) is 15.8. The van der Waals surface area contributed by atoms with Gasteiger partial charge in [0.2, 0.25) is 5.91 Å². The van der Waals surface area contributed by atoms with Gasteiger partial charge in [0.15, 0.2) is 0 Å². The Morgan fingerprint density at radius 1 is 1.62 bits per heavy atom. The lowest BCUT2D eigenvalue weighted by Gasteiger charge is -2.16. The summed E-state index contributed by atoms with van der Waals surface area (Å²) in [6, 6.07) is 0. The number of H-pyrrole nitrogens is 1. The van der Waals surface area contributed by atoms with Crippen LogP contribution in [0, 0.1) is 11.8 Å². The van der Waals surface area contributed by atoms with Crippen molar-refractivity contribution in [2.45, 2.75) is 25.8 Å². The van der Waals surface area contributed by atoms with Crippen molar-refractivity contribution in [1.82, 2.24) is 20.5 Å². The summed E-state index contributed by atoms with van der Waals surface area (Å²) in [5.74, 6) is 1.18. The van der Waals surface area contributed by atoms with Crippen LogP contribution in [-0.2, 0) is 11.3 Å². The summed E-state index contributed by atoms with van der Waals surface area (Å²) in [5, 5.41) is 9.29. The van der Waals surface area contributed by atoms with Gasteiger partial charge in [-0.25, -0.2) is 4.98 Å². The second kappa shape index (κ2) is 5.07. The normalized spacial score (nSPS) is 24.6. The predicted octanol–water partition coefficient (Wildman–Crippen LogP) is -0.204. The number of carbonyl (C=O) groups is 1. The molecule has 2 rings (SSSR count). The van der Waals surface area contributed by atoms with Crippen LogP contribution < -0.4 is 11.1 Å². The second-order valence-electron chi connectivity index (χ2n) is 4.18. The van der Waals surface area contributed by atoms with Gasteiger partial charge < -0.3 is 11.1 Å². The fraction of sp³-hybridized carbons (Fsp3) is 0.700. The first kappa shape index (κ1) is 11.1. The molecule has 1 amide bonds. The molecule has 6 nitrogen and oxygen atoms in total.